The van der Waals surface area contributed by atoms with Crippen molar-refractivity contribution in [1.82, 2.24) is 10.2 Å². The zero-order chi connectivity index (χ0) is 12.3. The van der Waals surface area contributed by atoms with Crippen LogP contribution < -0.4 is 5.32 Å². The molecule has 3 nitrogen and oxygen atoms in total. The quantitative estimate of drug-likeness (QED) is 0.785. The van der Waals surface area contributed by atoms with Crippen LogP contribution in [0.1, 0.15) is 24.4 Å². The molecular weight excluding hydrogens is 212 g/mol. The van der Waals surface area contributed by atoms with Crippen LogP contribution in [0.2, 0.25) is 0 Å². The van der Waals surface area contributed by atoms with Gasteiger partial charge in [-0.3, -0.25) is 0 Å². The molecule has 0 radical (unpaired) electrons. The Morgan fingerprint density at radius 1 is 1.41 bits per heavy atom. The van der Waals surface area contributed by atoms with Crippen LogP contribution in [0.15, 0.2) is 16.5 Å². The van der Waals surface area contributed by atoms with Crippen molar-refractivity contribution in [3.63, 3.8) is 0 Å². The molecule has 2 rings (SSSR count). The van der Waals surface area contributed by atoms with E-state index in [9.17, 15) is 0 Å². The molecule has 96 valence electrons. The zero-order valence-corrected chi connectivity index (χ0v) is 11.3. The Bertz CT molecular complexity index is 355. The first-order valence-corrected chi connectivity index (χ1v) is 6.52. The first kappa shape index (κ1) is 12.7. The molecule has 0 amide bonds. The van der Waals surface area contributed by atoms with Crippen LogP contribution >= 0.6 is 0 Å². The van der Waals surface area contributed by atoms with E-state index in [0.29, 0.717) is 5.41 Å². The summed E-state index contributed by atoms with van der Waals surface area (Å²) in [4.78, 5) is 2.43. The lowest BCUT2D eigenvalue weighted by atomic mass is 10.1. The fraction of sp³-hybridized carbons (Fsp3) is 0.714. The van der Waals surface area contributed by atoms with E-state index in [4.69, 9.17) is 4.42 Å². The summed E-state index contributed by atoms with van der Waals surface area (Å²) in [5, 5.41) is 3.31. The summed E-state index contributed by atoms with van der Waals surface area (Å²) in [6, 6.07) is 4.13. The third-order valence-electron chi connectivity index (χ3n) is 3.65. The van der Waals surface area contributed by atoms with Gasteiger partial charge in [0, 0.05) is 26.1 Å². The average Bonchev–Trinajstić information content (AvgIpc) is 2.89. The standard InChI is InChI=1S/C14H24N2O/c1-12-4-5-13(17-12)6-9-16(3)11-14(7-8-14)10-15-2/h4-5,15H,6-11H2,1-3H3. The predicted molar refractivity (Wildman–Crippen MR) is 70.2 cm³/mol. The number of hydrogen-bond donors (Lipinski definition) is 1. The minimum absolute atomic E-state index is 0.558. The molecule has 0 atom stereocenters. The van der Waals surface area contributed by atoms with Crippen LogP contribution in [-0.4, -0.2) is 38.6 Å². The number of rotatable bonds is 7. The van der Waals surface area contributed by atoms with Gasteiger partial charge in [0.25, 0.3) is 0 Å². The molecule has 0 unspecified atom stereocenters. The topological polar surface area (TPSA) is 28.4 Å². The Hall–Kier alpha value is -0.800. The van der Waals surface area contributed by atoms with Gasteiger partial charge in [0.2, 0.25) is 0 Å². The summed E-state index contributed by atoms with van der Waals surface area (Å²) >= 11 is 0. The molecule has 1 aliphatic rings. The fourth-order valence-corrected chi connectivity index (χ4v) is 2.51. The molecule has 1 saturated carbocycles. The zero-order valence-electron chi connectivity index (χ0n) is 11.3. The van der Waals surface area contributed by atoms with E-state index in [1.165, 1.54) is 19.4 Å². The Kier molecular flexibility index (Phi) is 3.89. The van der Waals surface area contributed by atoms with Crippen molar-refractivity contribution in [3.05, 3.63) is 23.7 Å². The van der Waals surface area contributed by atoms with Crippen molar-refractivity contribution in [2.75, 3.05) is 33.7 Å². The van der Waals surface area contributed by atoms with Gasteiger partial charge >= 0.3 is 0 Å². The molecule has 0 aliphatic heterocycles. The van der Waals surface area contributed by atoms with Gasteiger partial charge in [-0.1, -0.05) is 0 Å². The predicted octanol–water partition coefficient (Wildman–Crippen LogP) is 2.06. The number of likely N-dealkylation sites (N-methyl/N-ethyl adjacent to an activating group) is 1. The lowest BCUT2D eigenvalue weighted by Gasteiger charge is -2.23. The van der Waals surface area contributed by atoms with Crippen molar-refractivity contribution in [2.24, 2.45) is 5.41 Å². The number of nitrogens with zero attached hydrogens (tertiary/aromatic N) is 1. The molecule has 1 aliphatic carbocycles. The molecule has 0 spiro atoms. The lowest BCUT2D eigenvalue weighted by Crippen LogP contribution is -2.33. The second-order valence-corrected chi connectivity index (χ2v) is 5.53. The van der Waals surface area contributed by atoms with Crippen molar-refractivity contribution >= 4 is 0 Å². The fourth-order valence-electron chi connectivity index (χ4n) is 2.51. The number of aryl methyl sites for hydroxylation is 1. The van der Waals surface area contributed by atoms with E-state index in [0.717, 1.165) is 31.0 Å². The van der Waals surface area contributed by atoms with Crippen LogP contribution in [0.3, 0.4) is 0 Å². The van der Waals surface area contributed by atoms with Gasteiger partial charge in [0.05, 0.1) is 0 Å². The van der Waals surface area contributed by atoms with E-state index in [2.05, 4.69) is 23.3 Å². The second kappa shape index (κ2) is 5.23. The van der Waals surface area contributed by atoms with Crippen LogP contribution in [0.25, 0.3) is 0 Å². The maximum absolute atomic E-state index is 5.59. The summed E-state index contributed by atoms with van der Waals surface area (Å²) in [7, 11) is 4.26. The summed E-state index contributed by atoms with van der Waals surface area (Å²) in [5.74, 6) is 2.12. The van der Waals surface area contributed by atoms with Gasteiger partial charge < -0.3 is 14.6 Å². The number of hydrogen-bond acceptors (Lipinski definition) is 3. The highest BCUT2D eigenvalue weighted by molar-refractivity contribution is 5.06. The molecule has 1 aromatic heterocycles. The van der Waals surface area contributed by atoms with Gasteiger partial charge in [-0.2, -0.15) is 0 Å². The summed E-state index contributed by atoms with van der Waals surface area (Å²) < 4.78 is 5.59. The Balaban J connectivity index is 1.72. The highest BCUT2D eigenvalue weighted by Crippen LogP contribution is 2.45. The molecule has 0 aromatic carbocycles. The molecular formula is C14H24N2O. The molecule has 1 fully saturated rings. The van der Waals surface area contributed by atoms with Crippen LogP contribution in [-0.2, 0) is 6.42 Å². The van der Waals surface area contributed by atoms with E-state index >= 15 is 0 Å². The minimum Gasteiger partial charge on any atom is -0.466 e. The van der Waals surface area contributed by atoms with Crippen molar-refractivity contribution in [2.45, 2.75) is 26.2 Å². The smallest absolute Gasteiger partial charge is 0.105 e. The van der Waals surface area contributed by atoms with Crippen LogP contribution in [0.4, 0.5) is 0 Å². The third-order valence-corrected chi connectivity index (χ3v) is 3.65. The first-order chi connectivity index (χ1) is 8.13. The number of furan rings is 1. The SMILES string of the molecule is CNCC1(CN(C)CCc2ccc(C)o2)CC1. The van der Waals surface area contributed by atoms with Gasteiger partial charge in [0.1, 0.15) is 11.5 Å². The van der Waals surface area contributed by atoms with Gasteiger partial charge in [-0.05, 0) is 51.4 Å². The highest BCUT2D eigenvalue weighted by Gasteiger charge is 2.42. The van der Waals surface area contributed by atoms with Crippen molar-refractivity contribution in [3.8, 4) is 0 Å². The second-order valence-electron chi connectivity index (χ2n) is 5.53. The normalized spacial score (nSPS) is 17.6. The molecule has 1 aromatic rings. The Labute approximate surface area is 104 Å². The molecule has 1 N–H and O–H groups in total. The van der Waals surface area contributed by atoms with E-state index in [-0.39, 0.29) is 0 Å². The molecule has 0 bridgehead atoms. The monoisotopic (exact) mass is 236 g/mol. The van der Waals surface area contributed by atoms with Crippen LogP contribution in [0, 0.1) is 12.3 Å². The van der Waals surface area contributed by atoms with Gasteiger partial charge in [-0.15, -0.1) is 0 Å². The van der Waals surface area contributed by atoms with Gasteiger partial charge in [-0.25, -0.2) is 0 Å². The van der Waals surface area contributed by atoms with E-state index < -0.39 is 0 Å². The minimum atomic E-state index is 0.558. The summed E-state index contributed by atoms with van der Waals surface area (Å²) in [6.45, 7) is 5.43. The maximum Gasteiger partial charge on any atom is 0.105 e. The lowest BCUT2D eigenvalue weighted by molar-refractivity contribution is 0.256. The third kappa shape index (κ3) is 3.58. The first-order valence-electron chi connectivity index (χ1n) is 6.52. The largest absolute Gasteiger partial charge is 0.466 e. The van der Waals surface area contributed by atoms with Crippen molar-refractivity contribution < 1.29 is 4.42 Å². The molecule has 3 heteroatoms. The highest BCUT2D eigenvalue weighted by atomic mass is 16.3. The average molecular weight is 236 g/mol. The van der Waals surface area contributed by atoms with E-state index in [1.54, 1.807) is 0 Å². The van der Waals surface area contributed by atoms with Gasteiger partial charge in [0.15, 0.2) is 0 Å². The Morgan fingerprint density at radius 3 is 2.71 bits per heavy atom. The molecule has 17 heavy (non-hydrogen) atoms. The Morgan fingerprint density at radius 2 is 2.18 bits per heavy atom. The summed E-state index contributed by atoms with van der Waals surface area (Å²) in [6.07, 6.45) is 3.76. The van der Waals surface area contributed by atoms with Crippen LogP contribution in [0.5, 0.6) is 0 Å². The van der Waals surface area contributed by atoms with E-state index in [1.807, 2.05) is 20.0 Å². The molecule has 0 saturated heterocycles. The maximum atomic E-state index is 5.59. The molecule has 1 heterocycles. The number of nitrogens with one attached hydrogen (secondary N) is 1. The summed E-state index contributed by atoms with van der Waals surface area (Å²) in [5.41, 5.74) is 0.558. The van der Waals surface area contributed by atoms with Crippen molar-refractivity contribution in [1.29, 1.82) is 0 Å².